The molecular weight excluding hydrogens is 518 g/mol. The molecule has 1 aliphatic rings. The number of nitrogens with zero attached hydrogens (tertiary/aromatic N) is 5. The maximum absolute atomic E-state index is 13.3. The minimum absolute atomic E-state index is 0.00983. The van der Waals surface area contributed by atoms with Crippen LogP contribution in [0, 0.1) is 0 Å². The number of rotatable bonds is 9. The zero-order valence-electron chi connectivity index (χ0n) is 22.3. The van der Waals surface area contributed by atoms with Crippen molar-refractivity contribution in [1.29, 1.82) is 0 Å². The molecule has 0 aliphatic carbocycles. The van der Waals surface area contributed by atoms with E-state index in [9.17, 15) is 13.2 Å². The van der Waals surface area contributed by atoms with Gasteiger partial charge in [0.15, 0.2) is 5.75 Å². The largest absolute Gasteiger partial charge is 0.488 e. The maximum Gasteiger partial charge on any atom is 0.294 e. The van der Waals surface area contributed by atoms with Crippen molar-refractivity contribution >= 4 is 38.4 Å². The number of anilines is 3. The smallest absolute Gasteiger partial charge is 0.294 e. The van der Waals surface area contributed by atoms with Crippen LogP contribution in [-0.4, -0.2) is 70.9 Å². The second-order valence-corrected chi connectivity index (χ2v) is 11.6. The number of hydrogen-bond donors (Lipinski definition) is 2. The third-order valence-corrected chi connectivity index (χ3v) is 7.87. The van der Waals surface area contributed by atoms with Crippen LogP contribution in [0.4, 0.5) is 17.3 Å². The van der Waals surface area contributed by atoms with Crippen LogP contribution in [0.25, 0.3) is 11.0 Å². The molecule has 4 aromatic rings. The molecule has 1 aliphatic heterocycles. The highest BCUT2D eigenvalue weighted by Crippen LogP contribution is 2.22. The van der Waals surface area contributed by atoms with Gasteiger partial charge in [-0.15, -0.1) is 0 Å². The molecule has 0 unspecified atom stereocenters. The van der Waals surface area contributed by atoms with Crippen LogP contribution < -0.4 is 20.9 Å². The number of fused-ring (bicyclic) bond motifs is 1. The molecule has 5 rings (SSSR count). The van der Waals surface area contributed by atoms with Crippen LogP contribution in [0.3, 0.4) is 0 Å². The molecule has 2 N–H and O–H groups in total. The topological polar surface area (TPSA) is 123 Å². The number of hydrogen-bond acceptors (Lipinski definition) is 9. The van der Waals surface area contributed by atoms with E-state index in [1.165, 1.54) is 10.8 Å². The predicted octanol–water partition coefficient (Wildman–Crippen LogP) is 3.10. The first-order chi connectivity index (χ1) is 18.7. The highest BCUT2D eigenvalue weighted by Gasteiger charge is 2.18. The first kappa shape index (κ1) is 26.7. The summed E-state index contributed by atoms with van der Waals surface area (Å²) in [5.41, 5.74) is 2.24. The molecule has 0 saturated carbocycles. The summed E-state index contributed by atoms with van der Waals surface area (Å²) < 4.78 is 32.6. The Morgan fingerprint density at radius 1 is 1.10 bits per heavy atom. The van der Waals surface area contributed by atoms with Crippen molar-refractivity contribution in [1.82, 2.24) is 23.4 Å². The summed E-state index contributed by atoms with van der Waals surface area (Å²) in [4.78, 5) is 24.8. The van der Waals surface area contributed by atoms with Gasteiger partial charge in [-0.2, -0.15) is 4.98 Å². The summed E-state index contributed by atoms with van der Waals surface area (Å²) >= 11 is 0. The van der Waals surface area contributed by atoms with Crippen LogP contribution in [0.1, 0.15) is 25.5 Å². The van der Waals surface area contributed by atoms with Crippen molar-refractivity contribution in [3.8, 4) is 5.75 Å². The lowest BCUT2D eigenvalue weighted by Gasteiger charge is -2.30. The molecule has 0 spiro atoms. The van der Waals surface area contributed by atoms with Gasteiger partial charge in [0.25, 0.3) is 5.56 Å². The zero-order valence-corrected chi connectivity index (χ0v) is 23.1. The second kappa shape index (κ2) is 11.1. The summed E-state index contributed by atoms with van der Waals surface area (Å²) in [7, 11) is -1.39. The van der Waals surface area contributed by atoms with Gasteiger partial charge in [-0.1, -0.05) is 0 Å². The average molecular weight is 552 g/mol. The fraction of sp³-hybridized carbons (Fsp3) is 0.370. The van der Waals surface area contributed by atoms with Crippen molar-refractivity contribution in [2.24, 2.45) is 0 Å². The van der Waals surface area contributed by atoms with Crippen molar-refractivity contribution in [2.75, 3.05) is 43.6 Å². The minimum atomic E-state index is -3.54. The van der Waals surface area contributed by atoms with Gasteiger partial charge in [0.1, 0.15) is 5.65 Å². The van der Waals surface area contributed by atoms with E-state index in [1.807, 2.05) is 24.3 Å². The van der Waals surface area contributed by atoms with Crippen molar-refractivity contribution in [3.63, 3.8) is 0 Å². The van der Waals surface area contributed by atoms with E-state index in [-0.39, 0.29) is 12.3 Å². The Balaban J connectivity index is 1.43. The number of nitrogens with one attached hydrogen (secondary N) is 2. The van der Waals surface area contributed by atoms with Gasteiger partial charge in [-0.3, -0.25) is 9.36 Å². The first-order valence-corrected chi connectivity index (χ1v) is 14.8. The molecule has 0 radical (unpaired) electrons. The van der Waals surface area contributed by atoms with Gasteiger partial charge in [-0.05, 0) is 82.4 Å². The molecule has 0 amide bonds. The SMILES string of the molecule is CCOc1cc2cnc(Nc3ccc(NC4CCN(C)CC4)cc3)nc2n(Cc2cccn2S(C)(=O)=O)c1=O. The van der Waals surface area contributed by atoms with E-state index in [0.717, 1.165) is 47.5 Å². The fourth-order valence-electron chi connectivity index (χ4n) is 4.78. The highest BCUT2D eigenvalue weighted by molar-refractivity contribution is 7.89. The van der Waals surface area contributed by atoms with Gasteiger partial charge in [-0.25, -0.2) is 17.4 Å². The van der Waals surface area contributed by atoms with E-state index < -0.39 is 15.6 Å². The standard InChI is InChI=1S/C27H33N7O4S/c1-4-38-24-16-19-17-28-27(30-21-9-7-20(8-10-21)29-22-11-14-32(2)15-12-22)31-25(19)33(26(24)35)18-23-6-5-13-34(23)39(3,36)37/h5-10,13,16-17,22,29H,4,11-12,14-15,18H2,1-3H3,(H,28,30,31). The molecule has 206 valence electrons. The summed E-state index contributed by atoms with van der Waals surface area (Å²) in [6, 6.07) is 13.3. The number of ether oxygens (including phenoxy) is 1. The third-order valence-electron chi connectivity index (χ3n) is 6.79. The molecule has 0 atom stereocenters. The number of aromatic nitrogens is 4. The van der Waals surface area contributed by atoms with Gasteiger partial charge >= 0.3 is 0 Å². The molecule has 11 nitrogen and oxygen atoms in total. The van der Waals surface area contributed by atoms with Crippen LogP contribution in [-0.2, 0) is 16.6 Å². The summed E-state index contributed by atoms with van der Waals surface area (Å²) in [6.07, 6.45) is 6.42. The normalized spacial score (nSPS) is 14.9. The lowest BCUT2D eigenvalue weighted by atomic mass is 10.1. The van der Waals surface area contributed by atoms with E-state index in [1.54, 1.807) is 31.3 Å². The number of likely N-dealkylation sites (tertiary alicyclic amines) is 1. The Morgan fingerprint density at radius 2 is 1.82 bits per heavy atom. The summed E-state index contributed by atoms with van der Waals surface area (Å²) in [6.45, 7) is 4.27. The van der Waals surface area contributed by atoms with Gasteiger partial charge < -0.3 is 20.3 Å². The summed E-state index contributed by atoms with van der Waals surface area (Å²) in [5.74, 6) is 0.466. The van der Waals surface area contributed by atoms with Gasteiger partial charge in [0.05, 0.1) is 25.1 Å². The van der Waals surface area contributed by atoms with Gasteiger partial charge in [0.2, 0.25) is 16.0 Å². The quantitative estimate of drug-likeness (QED) is 0.323. The van der Waals surface area contributed by atoms with E-state index >= 15 is 0 Å². The molecule has 0 bridgehead atoms. The number of benzene rings is 1. The zero-order chi connectivity index (χ0) is 27.6. The Kier molecular flexibility index (Phi) is 7.58. The van der Waals surface area contributed by atoms with Crippen LogP contribution >= 0.6 is 0 Å². The molecule has 39 heavy (non-hydrogen) atoms. The maximum atomic E-state index is 13.3. The molecule has 3 aromatic heterocycles. The van der Waals surface area contributed by atoms with Crippen molar-refractivity contribution in [2.45, 2.75) is 32.4 Å². The monoisotopic (exact) mass is 551 g/mol. The van der Waals surface area contributed by atoms with Crippen LogP contribution in [0.2, 0.25) is 0 Å². The lowest BCUT2D eigenvalue weighted by molar-refractivity contribution is 0.264. The molecule has 12 heteroatoms. The highest BCUT2D eigenvalue weighted by atomic mass is 32.2. The summed E-state index contributed by atoms with van der Waals surface area (Å²) in [5, 5.41) is 7.41. The van der Waals surface area contributed by atoms with Crippen LogP contribution in [0.15, 0.2) is 59.7 Å². The first-order valence-electron chi connectivity index (χ1n) is 12.9. The van der Waals surface area contributed by atoms with Crippen LogP contribution in [0.5, 0.6) is 5.75 Å². The Bertz CT molecular complexity index is 1620. The van der Waals surface area contributed by atoms with Gasteiger partial charge in [0, 0.05) is 35.2 Å². The molecule has 1 fully saturated rings. The third kappa shape index (κ3) is 6.07. The Hall–Kier alpha value is -3.90. The predicted molar refractivity (Wildman–Crippen MR) is 153 cm³/mol. The molecule has 4 heterocycles. The second-order valence-electron chi connectivity index (χ2n) is 9.79. The average Bonchev–Trinajstić information content (AvgIpc) is 3.39. The lowest BCUT2D eigenvalue weighted by Crippen LogP contribution is -2.36. The van der Waals surface area contributed by atoms with E-state index in [0.29, 0.717) is 35.3 Å². The Labute approximate surface area is 227 Å². The van der Waals surface area contributed by atoms with Crippen molar-refractivity contribution in [3.05, 3.63) is 70.9 Å². The molecular formula is C27H33N7O4S. The van der Waals surface area contributed by atoms with Crippen molar-refractivity contribution < 1.29 is 13.2 Å². The molecule has 1 aromatic carbocycles. The van der Waals surface area contributed by atoms with E-state index in [4.69, 9.17) is 4.74 Å². The molecule has 1 saturated heterocycles. The Morgan fingerprint density at radius 3 is 2.51 bits per heavy atom. The number of pyridine rings is 1. The number of piperidine rings is 1. The van der Waals surface area contributed by atoms with E-state index in [2.05, 4.69) is 32.5 Å². The fourth-order valence-corrected chi connectivity index (χ4v) is 5.61. The minimum Gasteiger partial charge on any atom is -0.488 e.